The summed E-state index contributed by atoms with van der Waals surface area (Å²) in [6.45, 7) is 7.59. The Balaban J connectivity index is 1.92. The second-order valence-corrected chi connectivity index (χ2v) is 5.76. The molecule has 2 atom stereocenters. The Bertz CT molecular complexity index is 356. The van der Waals surface area contributed by atoms with Gasteiger partial charge in [0.25, 0.3) is 0 Å². The second kappa shape index (κ2) is 4.19. The van der Waals surface area contributed by atoms with Gasteiger partial charge in [0.1, 0.15) is 5.60 Å². The number of rotatable bonds is 1. The SMILES string of the molecule is CC(C)(C)OC(=O)N1C[C@@H]2C[C@H]1CN2CC#N. The van der Waals surface area contributed by atoms with Crippen LogP contribution in [0.5, 0.6) is 0 Å². The summed E-state index contributed by atoms with van der Waals surface area (Å²) in [6, 6.07) is 2.73. The zero-order chi connectivity index (χ0) is 12.6. The molecule has 0 aromatic heterocycles. The highest BCUT2D eigenvalue weighted by atomic mass is 16.6. The van der Waals surface area contributed by atoms with Crippen LogP contribution in [-0.4, -0.2) is 53.2 Å². The smallest absolute Gasteiger partial charge is 0.410 e. The molecule has 2 heterocycles. The van der Waals surface area contributed by atoms with E-state index in [0.29, 0.717) is 19.1 Å². The van der Waals surface area contributed by atoms with E-state index in [1.54, 1.807) is 0 Å². The van der Waals surface area contributed by atoms with Crippen molar-refractivity contribution in [1.29, 1.82) is 5.26 Å². The monoisotopic (exact) mass is 237 g/mol. The number of nitrogens with zero attached hydrogens (tertiary/aromatic N) is 3. The molecule has 0 aromatic carbocycles. The average molecular weight is 237 g/mol. The largest absolute Gasteiger partial charge is 0.444 e. The van der Waals surface area contributed by atoms with Crippen LogP contribution >= 0.6 is 0 Å². The highest BCUT2D eigenvalue weighted by molar-refractivity contribution is 5.69. The molecule has 2 aliphatic rings. The molecule has 2 saturated heterocycles. The molecule has 17 heavy (non-hydrogen) atoms. The Labute approximate surface area is 102 Å². The van der Waals surface area contributed by atoms with Crippen molar-refractivity contribution in [3.05, 3.63) is 0 Å². The van der Waals surface area contributed by atoms with Gasteiger partial charge in [0.15, 0.2) is 0 Å². The van der Waals surface area contributed by atoms with Crippen LogP contribution in [0, 0.1) is 11.3 Å². The number of fused-ring (bicyclic) bond motifs is 2. The molecule has 0 aromatic rings. The predicted molar refractivity (Wildman–Crippen MR) is 62.3 cm³/mol. The van der Waals surface area contributed by atoms with Gasteiger partial charge in [-0.3, -0.25) is 4.90 Å². The van der Waals surface area contributed by atoms with Gasteiger partial charge in [0, 0.05) is 25.2 Å². The van der Waals surface area contributed by atoms with E-state index in [1.165, 1.54) is 0 Å². The molecule has 0 spiro atoms. The summed E-state index contributed by atoms with van der Waals surface area (Å²) in [5.74, 6) is 0. The molecule has 0 saturated carbocycles. The summed E-state index contributed by atoms with van der Waals surface area (Å²) < 4.78 is 5.37. The normalized spacial score (nSPS) is 28.2. The van der Waals surface area contributed by atoms with E-state index in [2.05, 4.69) is 11.0 Å². The molecule has 1 amide bonds. The maximum absolute atomic E-state index is 11.9. The molecule has 0 N–H and O–H groups in total. The van der Waals surface area contributed by atoms with Crippen molar-refractivity contribution in [1.82, 2.24) is 9.80 Å². The highest BCUT2D eigenvalue weighted by Crippen LogP contribution is 2.31. The molecule has 0 aliphatic carbocycles. The Morgan fingerprint density at radius 1 is 1.41 bits per heavy atom. The van der Waals surface area contributed by atoms with Crippen LogP contribution in [0.2, 0.25) is 0 Å². The van der Waals surface area contributed by atoms with E-state index < -0.39 is 5.60 Å². The molecule has 0 radical (unpaired) electrons. The fourth-order valence-corrected chi connectivity index (χ4v) is 2.58. The van der Waals surface area contributed by atoms with Crippen LogP contribution < -0.4 is 0 Å². The molecule has 2 bridgehead atoms. The summed E-state index contributed by atoms with van der Waals surface area (Å²) in [4.78, 5) is 15.9. The van der Waals surface area contributed by atoms with Gasteiger partial charge in [-0.15, -0.1) is 0 Å². The van der Waals surface area contributed by atoms with Crippen molar-refractivity contribution in [3.63, 3.8) is 0 Å². The lowest BCUT2D eigenvalue weighted by Gasteiger charge is -2.34. The third kappa shape index (κ3) is 2.52. The zero-order valence-electron chi connectivity index (χ0n) is 10.6. The maximum Gasteiger partial charge on any atom is 0.410 e. The number of nitriles is 1. The number of amides is 1. The molecule has 2 aliphatic heterocycles. The van der Waals surface area contributed by atoms with Crippen molar-refractivity contribution < 1.29 is 9.53 Å². The number of carbonyl (C=O) groups excluding carboxylic acids is 1. The average Bonchev–Trinajstić information content (AvgIpc) is 2.74. The van der Waals surface area contributed by atoms with Gasteiger partial charge >= 0.3 is 6.09 Å². The van der Waals surface area contributed by atoms with Crippen molar-refractivity contribution in [2.75, 3.05) is 19.6 Å². The third-order valence-corrected chi connectivity index (χ3v) is 3.26. The lowest BCUT2D eigenvalue weighted by Crippen LogP contribution is -2.50. The topological polar surface area (TPSA) is 56.6 Å². The Morgan fingerprint density at radius 2 is 2.12 bits per heavy atom. The number of hydrogen-bond acceptors (Lipinski definition) is 4. The molecule has 0 unspecified atom stereocenters. The quantitative estimate of drug-likeness (QED) is 0.643. The molecule has 2 fully saturated rings. The summed E-state index contributed by atoms with van der Waals surface area (Å²) in [5.41, 5.74) is -0.439. The lowest BCUT2D eigenvalue weighted by molar-refractivity contribution is 0.0139. The van der Waals surface area contributed by atoms with Crippen molar-refractivity contribution in [2.45, 2.75) is 44.9 Å². The molecule has 2 rings (SSSR count). The van der Waals surface area contributed by atoms with Crippen LogP contribution in [0.25, 0.3) is 0 Å². The Hall–Kier alpha value is -1.28. The number of hydrogen-bond donors (Lipinski definition) is 0. The summed E-state index contributed by atoms with van der Waals surface area (Å²) in [5, 5.41) is 8.69. The minimum Gasteiger partial charge on any atom is -0.444 e. The number of piperazine rings is 1. The second-order valence-electron chi connectivity index (χ2n) is 5.76. The molecular weight excluding hydrogens is 218 g/mol. The highest BCUT2D eigenvalue weighted by Gasteiger charge is 2.46. The molecule has 5 nitrogen and oxygen atoms in total. The molecule has 5 heteroatoms. The van der Waals surface area contributed by atoms with Gasteiger partial charge in [0.05, 0.1) is 12.6 Å². The number of carbonyl (C=O) groups is 1. The summed E-state index contributed by atoms with van der Waals surface area (Å²) in [6.07, 6.45) is 0.752. The van der Waals surface area contributed by atoms with Crippen molar-refractivity contribution in [3.8, 4) is 6.07 Å². The van der Waals surface area contributed by atoms with E-state index in [1.807, 2.05) is 25.7 Å². The van der Waals surface area contributed by atoms with Crippen molar-refractivity contribution in [2.24, 2.45) is 0 Å². The van der Waals surface area contributed by atoms with Crippen molar-refractivity contribution >= 4 is 6.09 Å². The Kier molecular flexibility index (Phi) is 3.00. The lowest BCUT2D eigenvalue weighted by atomic mass is 10.2. The van der Waals surface area contributed by atoms with Crippen LogP contribution in [0.1, 0.15) is 27.2 Å². The van der Waals surface area contributed by atoms with Gasteiger partial charge in [-0.25, -0.2) is 4.79 Å². The minimum atomic E-state index is -0.439. The maximum atomic E-state index is 11.9. The van der Waals surface area contributed by atoms with Crippen LogP contribution in [0.15, 0.2) is 0 Å². The van der Waals surface area contributed by atoms with Gasteiger partial charge in [-0.1, -0.05) is 0 Å². The van der Waals surface area contributed by atoms with Gasteiger partial charge in [-0.05, 0) is 27.2 Å². The third-order valence-electron chi connectivity index (χ3n) is 3.26. The van der Waals surface area contributed by atoms with Crippen LogP contribution in [0.3, 0.4) is 0 Å². The number of likely N-dealkylation sites (tertiary alicyclic amines) is 2. The van der Waals surface area contributed by atoms with Gasteiger partial charge < -0.3 is 9.64 Å². The molecule has 94 valence electrons. The first-order valence-electron chi connectivity index (χ1n) is 6.01. The zero-order valence-corrected chi connectivity index (χ0v) is 10.6. The van der Waals surface area contributed by atoms with E-state index >= 15 is 0 Å². The fraction of sp³-hybridized carbons (Fsp3) is 0.833. The van der Waals surface area contributed by atoms with E-state index in [9.17, 15) is 4.79 Å². The standard InChI is InChI=1S/C12H19N3O2/c1-12(2,3)17-11(16)15-8-9-6-10(15)7-14(9)5-4-13/h9-10H,5-8H2,1-3H3/t9-,10-/m0/s1. The fourth-order valence-electron chi connectivity index (χ4n) is 2.58. The van der Waals surface area contributed by atoms with Crippen LogP contribution in [-0.2, 0) is 4.74 Å². The first-order valence-corrected chi connectivity index (χ1v) is 6.01. The van der Waals surface area contributed by atoms with E-state index in [-0.39, 0.29) is 12.1 Å². The first kappa shape index (κ1) is 12.2. The minimum absolute atomic E-state index is 0.221. The first-order chi connectivity index (χ1) is 7.90. The van der Waals surface area contributed by atoms with E-state index in [0.717, 1.165) is 13.0 Å². The molecular formula is C12H19N3O2. The van der Waals surface area contributed by atoms with Gasteiger partial charge in [0.2, 0.25) is 0 Å². The predicted octanol–water partition coefficient (Wildman–Crippen LogP) is 1.20. The summed E-state index contributed by atoms with van der Waals surface area (Å²) in [7, 11) is 0. The number of ether oxygens (including phenoxy) is 1. The van der Waals surface area contributed by atoms with E-state index in [4.69, 9.17) is 10.00 Å². The van der Waals surface area contributed by atoms with Crippen LogP contribution in [0.4, 0.5) is 4.79 Å². The van der Waals surface area contributed by atoms with Gasteiger partial charge in [-0.2, -0.15) is 5.26 Å². The Morgan fingerprint density at radius 3 is 2.59 bits per heavy atom. The summed E-state index contributed by atoms with van der Waals surface area (Å²) >= 11 is 0.